The Labute approximate surface area is 360 Å². The summed E-state index contributed by atoms with van der Waals surface area (Å²) >= 11 is 0. The van der Waals surface area contributed by atoms with Gasteiger partial charge < -0.3 is 10.2 Å². The predicted molar refractivity (Wildman–Crippen MR) is 218 cm³/mol. The van der Waals surface area contributed by atoms with Crippen molar-refractivity contribution >= 4 is 0 Å². The van der Waals surface area contributed by atoms with E-state index in [4.69, 9.17) is 0 Å². The Balaban J connectivity index is 0.000000191. The second kappa shape index (κ2) is 17.9. The zero-order valence-corrected chi connectivity index (χ0v) is 34.1. The number of tetrazole rings is 2. The highest BCUT2D eigenvalue weighted by Gasteiger charge is 2.59. The first-order valence-corrected chi connectivity index (χ1v) is 19.3. The zero-order valence-electron chi connectivity index (χ0n) is 34.1. The molecule has 4 aromatic carbocycles. The van der Waals surface area contributed by atoms with Crippen LogP contribution in [-0.2, 0) is 36.1 Å². The fourth-order valence-corrected chi connectivity index (χ4v) is 6.88. The third-order valence-electron chi connectivity index (χ3n) is 10.5. The normalized spacial score (nSPS) is 13.7. The summed E-state index contributed by atoms with van der Waals surface area (Å²) in [6.45, 7) is 3.80. The highest BCUT2D eigenvalue weighted by molar-refractivity contribution is 5.63. The molecule has 0 bridgehead atoms. The summed E-state index contributed by atoms with van der Waals surface area (Å²) < 4.78 is 107. The van der Waals surface area contributed by atoms with Crippen LogP contribution in [0.5, 0.6) is 0 Å². The van der Waals surface area contributed by atoms with Crippen molar-refractivity contribution in [2.75, 3.05) is 0 Å². The number of aromatic nitrogens is 10. The van der Waals surface area contributed by atoms with Crippen molar-refractivity contribution < 1.29 is 40.9 Å². The van der Waals surface area contributed by atoms with Gasteiger partial charge in [-0.05, 0) is 88.6 Å². The van der Waals surface area contributed by atoms with Crippen molar-refractivity contribution in [1.82, 2.24) is 50.4 Å². The van der Waals surface area contributed by atoms with Gasteiger partial charge in [0.05, 0.1) is 13.1 Å². The van der Waals surface area contributed by atoms with E-state index in [2.05, 4.69) is 41.0 Å². The van der Waals surface area contributed by atoms with Gasteiger partial charge in [-0.3, -0.25) is 9.97 Å². The van der Waals surface area contributed by atoms with Crippen LogP contribution in [0.25, 0.3) is 22.3 Å². The summed E-state index contributed by atoms with van der Waals surface area (Å²) in [5.74, 6) is -11.3. The second-order valence-corrected chi connectivity index (χ2v) is 15.1. The van der Waals surface area contributed by atoms with Gasteiger partial charge in [0.1, 0.15) is 41.5 Å². The van der Waals surface area contributed by atoms with Crippen LogP contribution in [0.4, 0.5) is 30.7 Å². The molecular formula is C45H37F7N10O2. The molecule has 4 heterocycles. The lowest BCUT2D eigenvalue weighted by molar-refractivity contribution is -0.207. The Morgan fingerprint density at radius 2 is 0.875 bits per heavy atom. The van der Waals surface area contributed by atoms with Gasteiger partial charge in [-0.2, -0.15) is 17.6 Å². The Hall–Kier alpha value is -7.25. The maximum atomic E-state index is 15.8. The van der Waals surface area contributed by atoms with Gasteiger partial charge in [-0.25, -0.2) is 22.5 Å². The van der Waals surface area contributed by atoms with Crippen LogP contribution >= 0.6 is 0 Å². The number of aliphatic hydroxyl groups is 2. The van der Waals surface area contributed by atoms with E-state index >= 15 is 17.6 Å². The standard InChI is InChI=1S/C23H20F3N5O.C22H17F4N5O/c1-15-3-6-17(7-4-15)18-8-10-21(27-12-18)23(25,26)22(32,13-31-14-28-29-30-31)19-9-5-16(2)11-20(19)24;1-14-2-4-15(5-3-14)16-6-9-20(27-11-16)22(25,26)21(32,12-31-13-28-29-30-31)18-8-7-17(23)10-19(18)24/h3-12,14,32H,13H2,1-2H3;2-11,13,32H,12H2,1H3/t22-;21-/m10/s1. The fraction of sp³-hybridized carbons (Fsp3) is 0.200. The van der Waals surface area contributed by atoms with E-state index in [1.165, 1.54) is 30.6 Å². The van der Waals surface area contributed by atoms with E-state index in [0.717, 1.165) is 80.7 Å². The maximum absolute atomic E-state index is 15.8. The van der Waals surface area contributed by atoms with Crippen LogP contribution < -0.4 is 0 Å². The molecule has 19 heteroatoms. The molecule has 8 aromatic rings. The lowest BCUT2D eigenvalue weighted by atomic mass is 9.84. The smallest absolute Gasteiger partial charge is 0.323 e. The third-order valence-corrected chi connectivity index (χ3v) is 10.5. The van der Waals surface area contributed by atoms with Crippen molar-refractivity contribution in [3.8, 4) is 22.3 Å². The second-order valence-electron chi connectivity index (χ2n) is 15.1. The van der Waals surface area contributed by atoms with E-state index in [0.29, 0.717) is 22.8 Å². The maximum Gasteiger partial charge on any atom is 0.323 e. The van der Waals surface area contributed by atoms with Gasteiger partial charge in [0.25, 0.3) is 0 Å². The van der Waals surface area contributed by atoms with Crippen LogP contribution in [0.3, 0.4) is 0 Å². The lowest BCUT2D eigenvalue weighted by Gasteiger charge is -2.35. The number of alkyl halides is 4. The molecule has 8 rings (SSSR count). The number of pyridine rings is 2. The number of hydrogen-bond acceptors (Lipinski definition) is 10. The molecule has 0 amide bonds. The Morgan fingerprint density at radius 1 is 0.484 bits per heavy atom. The average molecular weight is 883 g/mol. The minimum Gasteiger partial charge on any atom is -0.377 e. The molecule has 0 aliphatic rings. The summed E-state index contributed by atoms with van der Waals surface area (Å²) in [6.07, 6.45) is 4.61. The Bertz CT molecular complexity index is 2620. The van der Waals surface area contributed by atoms with Gasteiger partial charge in [0.2, 0.25) is 0 Å². The lowest BCUT2D eigenvalue weighted by Crippen LogP contribution is -2.48. The molecule has 0 fully saturated rings. The van der Waals surface area contributed by atoms with Gasteiger partial charge in [0.15, 0.2) is 11.2 Å². The molecule has 0 radical (unpaired) electrons. The number of rotatable bonds is 12. The van der Waals surface area contributed by atoms with Crippen molar-refractivity contribution in [3.05, 3.63) is 191 Å². The minimum absolute atomic E-state index is 0.421. The summed E-state index contributed by atoms with van der Waals surface area (Å²) in [6, 6.07) is 25.7. The minimum atomic E-state index is -4.09. The number of hydrogen-bond donors (Lipinski definition) is 2. The highest BCUT2D eigenvalue weighted by atomic mass is 19.3. The number of halogens is 7. The van der Waals surface area contributed by atoms with Crippen LogP contribution in [0.1, 0.15) is 39.2 Å². The van der Waals surface area contributed by atoms with E-state index in [-0.39, 0.29) is 0 Å². The molecule has 2 atom stereocenters. The van der Waals surface area contributed by atoms with Gasteiger partial charge >= 0.3 is 11.8 Å². The first kappa shape index (κ1) is 44.8. The molecule has 4 aromatic heterocycles. The van der Waals surface area contributed by atoms with Gasteiger partial charge in [0, 0.05) is 40.7 Å². The van der Waals surface area contributed by atoms with Crippen molar-refractivity contribution in [2.45, 2.75) is 56.9 Å². The Morgan fingerprint density at radius 3 is 1.23 bits per heavy atom. The topological polar surface area (TPSA) is 153 Å². The van der Waals surface area contributed by atoms with Crippen LogP contribution in [0, 0.1) is 38.2 Å². The monoisotopic (exact) mass is 882 g/mol. The van der Waals surface area contributed by atoms with Crippen LogP contribution in [0.15, 0.2) is 134 Å². The van der Waals surface area contributed by atoms with E-state index in [9.17, 15) is 23.4 Å². The average Bonchev–Trinajstić information content (AvgIpc) is 3.99. The highest BCUT2D eigenvalue weighted by Crippen LogP contribution is 2.48. The third kappa shape index (κ3) is 8.98. The molecule has 0 aliphatic heterocycles. The molecule has 0 aliphatic carbocycles. The number of nitrogens with zero attached hydrogens (tertiary/aromatic N) is 10. The summed E-state index contributed by atoms with van der Waals surface area (Å²) in [4.78, 5) is 7.77. The molecule has 0 saturated carbocycles. The van der Waals surface area contributed by atoms with Gasteiger partial charge in [-0.15, -0.1) is 10.2 Å². The van der Waals surface area contributed by atoms with Crippen LogP contribution in [-0.4, -0.2) is 60.6 Å². The predicted octanol–water partition coefficient (Wildman–Crippen LogP) is 8.17. The summed E-state index contributed by atoms with van der Waals surface area (Å²) in [5, 5.41) is 43.0. The largest absolute Gasteiger partial charge is 0.377 e. The molecule has 2 N–H and O–H groups in total. The molecular weight excluding hydrogens is 846 g/mol. The molecule has 64 heavy (non-hydrogen) atoms. The quantitative estimate of drug-likeness (QED) is 0.115. The van der Waals surface area contributed by atoms with Gasteiger partial charge in [-0.1, -0.05) is 83.9 Å². The van der Waals surface area contributed by atoms with Crippen molar-refractivity contribution in [3.63, 3.8) is 0 Å². The number of benzene rings is 4. The van der Waals surface area contributed by atoms with E-state index < -0.39 is 76.1 Å². The Kier molecular flexibility index (Phi) is 12.5. The summed E-state index contributed by atoms with van der Waals surface area (Å²) in [5.41, 5.74) is -3.63. The molecule has 0 saturated heterocycles. The van der Waals surface area contributed by atoms with Crippen molar-refractivity contribution in [1.29, 1.82) is 0 Å². The first-order valence-electron chi connectivity index (χ1n) is 19.3. The molecule has 0 unspecified atom stereocenters. The zero-order chi connectivity index (χ0) is 45.9. The number of aryl methyl sites for hydroxylation is 3. The van der Waals surface area contributed by atoms with Crippen molar-refractivity contribution in [2.24, 2.45) is 0 Å². The SMILES string of the molecule is Cc1ccc(-c2ccc(C(F)(F)[C@@](O)(Cn3cnnn3)c3ccc(C)cc3F)nc2)cc1.Cc1ccc(-c2ccc(C(F)(F)[C@](O)(Cn3cnnn3)c3ccc(F)cc3F)nc2)cc1. The molecule has 328 valence electrons. The summed E-state index contributed by atoms with van der Waals surface area (Å²) in [7, 11) is 0. The fourth-order valence-electron chi connectivity index (χ4n) is 6.88. The first-order chi connectivity index (χ1) is 30.4. The molecule has 12 nitrogen and oxygen atoms in total. The molecule has 0 spiro atoms. The van der Waals surface area contributed by atoms with E-state index in [1.54, 1.807) is 6.92 Å². The van der Waals surface area contributed by atoms with E-state index in [1.807, 2.05) is 62.4 Å². The van der Waals surface area contributed by atoms with Crippen LogP contribution in [0.2, 0.25) is 0 Å².